The maximum atomic E-state index is 14.7. The number of rotatable bonds is 8. The molecule has 1 saturated carbocycles. The van der Waals surface area contributed by atoms with Gasteiger partial charge in [0.25, 0.3) is 0 Å². The van der Waals surface area contributed by atoms with Crippen LogP contribution in [0.5, 0.6) is 0 Å². The highest BCUT2D eigenvalue weighted by atomic mass is 32.2. The van der Waals surface area contributed by atoms with E-state index in [1.54, 1.807) is 0 Å². The summed E-state index contributed by atoms with van der Waals surface area (Å²) in [4.78, 5) is 25.5. The molecule has 1 N–H and O–H groups in total. The number of carbonyl (C=O) groups is 2. The average Bonchev–Trinajstić information content (AvgIpc) is 3.42. The second-order valence-electron chi connectivity index (χ2n) is 11.4. The zero-order valence-electron chi connectivity index (χ0n) is 23.3. The first-order valence-corrected chi connectivity index (χ1v) is 15.3. The van der Waals surface area contributed by atoms with Crippen molar-refractivity contribution in [3.8, 4) is 0 Å². The molecule has 0 radical (unpaired) electrons. The molecule has 1 saturated heterocycles. The Balaban J connectivity index is 1.77. The SMILES string of the molecule is O=C(O)[C@H]1CC[C@H](C(=O)N2CCC(c3ccc(C(F)(C(F)(F)F)C(F)(F)F)cc3)(S(=O)(=O)c3cccc(CC(F)F)c3)C2)CC1. The van der Waals surface area contributed by atoms with E-state index in [2.05, 4.69) is 0 Å². The third-order valence-corrected chi connectivity index (χ3v) is 11.1. The van der Waals surface area contributed by atoms with E-state index in [0.717, 1.165) is 12.1 Å². The van der Waals surface area contributed by atoms with Crippen LogP contribution >= 0.6 is 0 Å². The first-order chi connectivity index (χ1) is 20.7. The van der Waals surface area contributed by atoms with Crippen LogP contribution in [0.4, 0.5) is 39.5 Å². The van der Waals surface area contributed by atoms with Gasteiger partial charge in [0.1, 0.15) is 4.75 Å². The number of carboxylic acids is 1. The summed E-state index contributed by atoms with van der Waals surface area (Å²) < 4.78 is 147. The number of halogens is 9. The Bertz CT molecular complexity index is 1500. The Morgan fingerprint density at radius 2 is 1.44 bits per heavy atom. The highest BCUT2D eigenvalue weighted by Gasteiger charge is 2.73. The summed E-state index contributed by atoms with van der Waals surface area (Å²) >= 11 is 0. The summed E-state index contributed by atoms with van der Waals surface area (Å²) in [6.45, 7) is -0.793. The topological polar surface area (TPSA) is 91.8 Å². The third kappa shape index (κ3) is 6.26. The maximum absolute atomic E-state index is 14.7. The molecule has 16 heteroatoms. The lowest BCUT2D eigenvalue weighted by molar-refractivity contribution is -0.348. The first-order valence-electron chi connectivity index (χ1n) is 13.8. The Kier molecular flexibility index (Phi) is 9.32. The van der Waals surface area contributed by atoms with E-state index in [1.165, 1.54) is 17.0 Å². The average molecular weight is 674 g/mol. The minimum absolute atomic E-state index is 0.0599. The van der Waals surface area contributed by atoms with Crippen LogP contribution in [-0.4, -0.2) is 62.2 Å². The van der Waals surface area contributed by atoms with E-state index in [0.29, 0.717) is 12.1 Å². The van der Waals surface area contributed by atoms with E-state index in [4.69, 9.17) is 0 Å². The van der Waals surface area contributed by atoms with Gasteiger partial charge in [-0.1, -0.05) is 36.4 Å². The molecular formula is C29H28F9NO5S. The fourth-order valence-electron chi connectivity index (χ4n) is 6.16. The normalized spacial score (nSPS) is 23.4. The fourth-order valence-corrected chi connectivity index (χ4v) is 8.31. The predicted octanol–water partition coefficient (Wildman–Crippen LogP) is 6.58. The van der Waals surface area contributed by atoms with Gasteiger partial charge in [-0.05, 0) is 55.4 Å². The number of carbonyl (C=O) groups excluding carboxylic acids is 1. The van der Waals surface area contributed by atoms with Gasteiger partial charge >= 0.3 is 24.0 Å². The lowest BCUT2D eigenvalue weighted by Crippen LogP contribution is -2.50. The van der Waals surface area contributed by atoms with E-state index >= 15 is 0 Å². The summed E-state index contributed by atoms with van der Waals surface area (Å²) in [6.07, 6.45) is -16.0. The molecule has 1 amide bonds. The van der Waals surface area contributed by atoms with Crippen LogP contribution in [0.3, 0.4) is 0 Å². The Labute approximate surface area is 252 Å². The molecular weight excluding hydrogens is 645 g/mol. The van der Waals surface area contributed by atoms with Crippen LogP contribution in [-0.2, 0) is 36.3 Å². The van der Waals surface area contributed by atoms with Gasteiger partial charge in [-0.25, -0.2) is 21.6 Å². The van der Waals surface area contributed by atoms with Gasteiger partial charge in [0.15, 0.2) is 9.84 Å². The van der Waals surface area contributed by atoms with Gasteiger partial charge < -0.3 is 10.0 Å². The van der Waals surface area contributed by atoms with Crippen LogP contribution < -0.4 is 0 Å². The van der Waals surface area contributed by atoms with Crippen LogP contribution in [0, 0.1) is 11.8 Å². The highest BCUT2D eigenvalue weighted by Crippen LogP contribution is 2.54. The molecule has 1 aliphatic carbocycles. The number of hydrogen-bond donors (Lipinski definition) is 1. The monoisotopic (exact) mass is 673 g/mol. The molecule has 45 heavy (non-hydrogen) atoms. The number of nitrogens with zero attached hydrogens (tertiary/aromatic N) is 1. The van der Waals surface area contributed by atoms with Gasteiger partial charge in [0.05, 0.1) is 10.8 Å². The van der Waals surface area contributed by atoms with Crippen molar-refractivity contribution in [2.75, 3.05) is 13.1 Å². The lowest BCUT2D eigenvalue weighted by atomic mass is 9.81. The molecule has 2 aromatic rings. The zero-order chi connectivity index (χ0) is 33.6. The number of aliphatic carboxylic acids is 1. The zero-order valence-corrected chi connectivity index (χ0v) is 24.2. The number of alkyl halides is 9. The molecule has 2 aliphatic rings. The van der Waals surface area contributed by atoms with Crippen LogP contribution in [0.25, 0.3) is 0 Å². The number of sulfone groups is 1. The van der Waals surface area contributed by atoms with Gasteiger partial charge in [-0.3, -0.25) is 9.59 Å². The van der Waals surface area contributed by atoms with E-state index in [1.807, 2.05) is 0 Å². The molecule has 2 fully saturated rings. The summed E-state index contributed by atoms with van der Waals surface area (Å²) in [5, 5.41) is 9.24. The molecule has 1 unspecified atom stereocenters. The largest absolute Gasteiger partial charge is 0.481 e. The second-order valence-corrected chi connectivity index (χ2v) is 13.6. The minimum atomic E-state index is -6.40. The van der Waals surface area contributed by atoms with Crippen LogP contribution in [0.15, 0.2) is 53.4 Å². The number of likely N-dealkylation sites (tertiary alicyclic amines) is 1. The van der Waals surface area contributed by atoms with Crippen LogP contribution in [0.2, 0.25) is 0 Å². The Morgan fingerprint density at radius 3 is 1.96 bits per heavy atom. The summed E-state index contributed by atoms with van der Waals surface area (Å²) in [5.41, 5.74) is -7.99. The second kappa shape index (κ2) is 12.1. The molecule has 6 nitrogen and oxygen atoms in total. The maximum Gasteiger partial charge on any atom is 0.435 e. The molecule has 4 rings (SSSR count). The number of amides is 1. The van der Waals surface area contributed by atoms with E-state index < -0.39 is 86.2 Å². The van der Waals surface area contributed by atoms with Crippen molar-refractivity contribution in [1.82, 2.24) is 4.90 Å². The smallest absolute Gasteiger partial charge is 0.435 e. The van der Waals surface area contributed by atoms with Crippen LogP contribution in [0.1, 0.15) is 48.8 Å². The lowest BCUT2D eigenvalue weighted by Gasteiger charge is -2.33. The summed E-state index contributed by atoms with van der Waals surface area (Å²) in [6, 6.07) is 6.18. The Morgan fingerprint density at radius 1 is 0.889 bits per heavy atom. The quantitative estimate of drug-likeness (QED) is 0.320. The first kappa shape index (κ1) is 34.6. The number of carboxylic acid groups (broad SMARTS) is 1. The van der Waals surface area contributed by atoms with Gasteiger partial charge in [0, 0.05) is 31.0 Å². The standard InChI is InChI=1S/C29H28F9NO5S/c30-23(31)15-17-2-1-3-22(14-17)45(43,44)26(12-13-39(16-26)24(40)18-4-6-19(7-5-18)25(41)42)20-8-10-21(11-9-20)27(32,28(33,34)35)29(36,37)38/h1-3,8-11,14,18-19,23H,4-7,12-13,15-16H2,(H,41,42)/t18-,19-,26?. The molecule has 1 heterocycles. The van der Waals surface area contributed by atoms with Gasteiger partial charge in [-0.15, -0.1) is 0 Å². The summed E-state index contributed by atoms with van der Waals surface area (Å²) in [7, 11) is -4.69. The predicted molar refractivity (Wildman–Crippen MR) is 141 cm³/mol. The van der Waals surface area contributed by atoms with Crippen molar-refractivity contribution in [2.45, 2.75) is 72.6 Å². The molecule has 0 aromatic heterocycles. The van der Waals surface area contributed by atoms with Crippen molar-refractivity contribution in [2.24, 2.45) is 11.8 Å². The van der Waals surface area contributed by atoms with Crippen molar-refractivity contribution >= 4 is 21.7 Å². The van der Waals surface area contributed by atoms with E-state index in [9.17, 15) is 62.6 Å². The minimum Gasteiger partial charge on any atom is -0.481 e. The summed E-state index contributed by atoms with van der Waals surface area (Å²) in [5.74, 6) is -2.82. The molecule has 1 atom stereocenters. The van der Waals surface area contributed by atoms with Crippen molar-refractivity contribution in [3.05, 3.63) is 65.2 Å². The number of hydrogen-bond acceptors (Lipinski definition) is 4. The molecule has 0 spiro atoms. The Hall–Kier alpha value is -3.30. The number of benzene rings is 2. The molecule has 2 aromatic carbocycles. The third-order valence-electron chi connectivity index (χ3n) is 8.67. The molecule has 0 bridgehead atoms. The molecule has 1 aliphatic heterocycles. The molecule has 248 valence electrons. The van der Waals surface area contributed by atoms with Gasteiger partial charge in [0.2, 0.25) is 12.3 Å². The van der Waals surface area contributed by atoms with Crippen molar-refractivity contribution in [3.63, 3.8) is 0 Å². The van der Waals surface area contributed by atoms with E-state index in [-0.39, 0.29) is 61.9 Å². The fraction of sp³-hybridized carbons (Fsp3) is 0.517. The highest BCUT2D eigenvalue weighted by molar-refractivity contribution is 7.92. The van der Waals surface area contributed by atoms with Crippen molar-refractivity contribution in [1.29, 1.82) is 0 Å². The van der Waals surface area contributed by atoms with Gasteiger partial charge in [-0.2, -0.15) is 26.3 Å². The van der Waals surface area contributed by atoms with Crippen molar-refractivity contribution < 1.29 is 62.6 Å².